The van der Waals surface area contributed by atoms with Gasteiger partial charge >= 0.3 is 0 Å². The number of benzene rings is 1. The third kappa shape index (κ3) is 3.54. The molecule has 11 heteroatoms. The highest BCUT2D eigenvalue weighted by Crippen LogP contribution is 2.35. The lowest BCUT2D eigenvalue weighted by Crippen LogP contribution is -2.53. The summed E-state index contributed by atoms with van der Waals surface area (Å²) in [6, 6.07) is 4.44. The summed E-state index contributed by atoms with van der Waals surface area (Å²) in [5.41, 5.74) is 2.14. The van der Waals surface area contributed by atoms with Gasteiger partial charge in [0, 0.05) is 25.4 Å². The van der Waals surface area contributed by atoms with Crippen molar-refractivity contribution in [3.8, 4) is 0 Å². The molecule has 2 aromatic rings. The van der Waals surface area contributed by atoms with Crippen LogP contribution in [0.1, 0.15) is 22.9 Å². The van der Waals surface area contributed by atoms with Gasteiger partial charge in [-0.15, -0.1) is 0 Å². The van der Waals surface area contributed by atoms with E-state index in [0.717, 1.165) is 11.1 Å². The minimum Gasteiger partial charge on any atom is -0.409 e. The Morgan fingerprint density at radius 3 is 3.07 bits per heavy atom. The van der Waals surface area contributed by atoms with Gasteiger partial charge < -0.3 is 20.2 Å². The molecule has 0 bridgehead atoms. The van der Waals surface area contributed by atoms with Crippen molar-refractivity contribution in [3.63, 3.8) is 0 Å². The van der Waals surface area contributed by atoms with Gasteiger partial charge in [-0.2, -0.15) is 0 Å². The SMILES string of the molecule is COCC(=O)N1CC(Sc2nonc2/C(=N/O)N[C@H]2Cc3ccc(F)cc32)C1. The second-order valence-corrected chi connectivity index (χ2v) is 7.87. The fourth-order valence-corrected chi connectivity index (χ4v) is 4.35. The topological polar surface area (TPSA) is 113 Å². The highest BCUT2D eigenvalue weighted by Gasteiger charge is 2.34. The van der Waals surface area contributed by atoms with E-state index in [4.69, 9.17) is 9.37 Å². The van der Waals surface area contributed by atoms with Crippen LogP contribution < -0.4 is 5.32 Å². The Labute approximate surface area is 163 Å². The summed E-state index contributed by atoms with van der Waals surface area (Å²) in [5, 5.41) is 24.1. The van der Waals surface area contributed by atoms with Gasteiger partial charge in [0.15, 0.2) is 16.6 Å². The summed E-state index contributed by atoms with van der Waals surface area (Å²) >= 11 is 1.39. The number of carbonyl (C=O) groups excluding carboxylic acids is 1. The summed E-state index contributed by atoms with van der Waals surface area (Å²) in [5.74, 6) is -0.270. The smallest absolute Gasteiger partial charge is 0.248 e. The minimum atomic E-state index is -0.315. The van der Waals surface area contributed by atoms with Gasteiger partial charge in [0.1, 0.15) is 12.4 Å². The maximum Gasteiger partial charge on any atom is 0.248 e. The number of oxime groups is 1. The molecule has 0 unspecified atom stereocenters. The molecule has 0 spiro atoms. The van der Waals surface area contributed by atoms with E-state index in [-0.39, 0.29) is 41.2 Å². The molecule has 0 saturated carbocycles. The van der Waals surface area contributed by atoms with Gasteiger partial charge in [-0.25, -0.2) is 9.02 Å². The van der Waals surface area contributed by atoms with Gasteiger partial charge in [0.05, 0.1) is 6.04 Å². The molecule has 9 nitrogen and oxygen atoms in total. The maximum absolute atomic E-state index is 13.5. The fourth-order valence-electron chi connectivity index (χ4n) is 3.20. The summed E-state index contributed by atoms with van der Waals surface area (Å²) in [6.07, 6.45) is 0.682. The van der Waals surface area contributed by atoms with Crippen molar-refractivity contribution >= 4 is 23.5 Å². The fraction of sp³-hybridized carbons (Fsp3) is 0.412. The van der Waals surface area contributed by atoms with Crippen LogP contribution in [0, 0.1) is 5.82 Å². The number of hydrogen-bond acceptors (Lipinski definition) is 8. The van der Waals surface area contributed by atoms with Gasteiger partial charge in [-0.3, -0.25) is 4.79 Å². The Morgan fingerprint density at radius 1 is 1.50 bits per heavy atom. The van der Waals surface area contributed by atoms with Crippen molar-refractivity contribution in [3.05, 3.63) is 40.8 Å². The van der Waals surface area contributed by atoms with Crippen LogP contribution in [-0.2, 0) is 16.0 Å². The van der Waals surface area contributed by atoms with E-state index >= 15 is 0 Å². The summed E-state index contributed by atoms with van der Waals surface area (Å²) in [7, 11) is 1.48. The second-order valence-electron chi connectivity index (χ2n) is 6.58. The first-order valence-corrected chi connectivity index (χ1v) is 9.50. The van der Waals surface area contributed by atoms with E-state index in [1.54, 1.807) is 11.0 Å². The standard InChI is InChI=1S/C17H18FN5O4S/c1-26-8-14(24)23-6-11(7-23)28-17-15(21-27-22-17)16(20-25)19-13-4-9-2-3-10(18)5-12(9)13/h2-3,5,11,13,25H,4,6-8H2,1H3,(H,19,20)/t13-/m0/s1. The number of amidine groups is 1. The van der Waals surface area contributed by atoms with Crippen molar-refractivity contribution in [2.75, 3.05) is 26.8 Å². The molecule has 4 rings (SSSR count). The number of hydrogen-bond donors (Lipinski definition) is 2. The monoisotopic (exact) mass is 407 g/mol. The Morgan fingerprint density at radius 2 is 2.32 bits per heavy atom. The van der Waals surface area contributed by atoms with Crippen LogP contribution >= 0.6 is 11.8 Å². The molecule has 1 aliphatic carbocycles. The Hall–Kier alpha value is -2.66. The van der Waals surface area contributed by atoms with Crippen LogP contribution in [0.2, 0.25) is 0 Å². The highest BCUT2D eigenvalue weighted by atomic mass is 32.2. The largest absolute Gasteiger partial charge is 0.409 e. The number of thioether (sulfide) groups is 1. The van der Waals surface area contributed by atoms with E-state index in [0.29, 0.717) is 24.5 Å². The quantitative estimate of drug-likeness (QED) is 0.318. The van der Waals surface area contributed by atoms with Gasteiger partial charge in [0.25, 0.3) is 0 Å². The molecule has 1 saturated heterocycles. The average Bonchev–Trinajstić information content (AvgIpc) is 3.09. The van der Waals surface area contributed by atoms with E-state index in [2.05, 4.69) is 20.8 Å². The predicted molar refractivity (Wildman–Crippen MR) is 96.7 cm³/mol. The first-order valence-electron chi connectivity index (χ1n) is 8.62. The number of aromatic nitrogens is 2. The molecule has 1 aromatic heterocycles. The van der Waals surface area contributed by atoms with Crippen LogP contribution in [-0.4, -0.2) is 64.2 Å². The molecule has 1 amide bonds. The first kappa shape index (κ1) is 18.7. The normalized spacial score (nSPS) is 19.0. The lowest BCUT2D eigenvalue weighted by molar-refractivity contribution is -0.138. The number of fused-ring (bicyclic) bond motifs is 1. The third-order valence-electron chi connectivity index (χ3n) is 4.75. The minimum absolute atomic E-state index is 0.0584. The average molecular weight is 407 g/mol. The number of methoxy groups -OCH3 is 1. The molecule has 148 valence electrons. The number of nitrogens with zero attached hydrogens (tertiary/aromatic N) is 4. The predicted octanol–water partition coefficient (Wildman–Crippen LogP) is 1.18. The zero-order valence-corrected chi connectivity index (χ0v) is 15.8. The lowest BCUT2D eigenvalue weighted by atomic mass is 9.83. The zero-order chi connectivity index (χ0) is 19.7. The van der Waals surface area contributed by atoms with Crippen molar-refractivity contribution < 1.29 is 23.8 Å². The zero-order valence-electron chi connectivity index (χ0n) is 15.0. The summed E-state index contributed by atoms with van der Waals surface area (Å²) < 4.78 is 23.1. The van der Waals surface area contributed by atoms with Gasteiger partial charge in [-0.1, -0.05) is 23.0 Å². The number of ether oxygens (including phenoxy) is 1. The van der Waals surface area contributed by atoms with Crippen molar-refractivity contribution in [2.24, 2.45) is 5.16 Å². The highest BCUT2D eigenvalue weighted by molar-refractivity contribution is 8.00. The van der Waals surface area contributed by atoms with Gasteiger partial charge in [-0.05, 0) is 40.0 Å². The van der Waals surface area contributed by atoms with Crippen molar-refractivity contribution in [1.82, 2.24) is 20.5 Å². The van der Waals surface area contributed by atoms with Crippen LogP contribution in [0.3, 0.4) is 0 Å². The van der Waals surface area contributed by atoms with Crippen molar-refractivity contribution in [2.45, 2.75) is 22.7 Å². The molecule has 28 heavy (non-hydrogen) atoms. The lowest BCUT2D eigenvalue weighted by Gasteiger charge is -2.38. The van der Waals surface area contributed by atoms with Crippen molar-refractivity contribution in [1.29, 1.82) is 0 Å². The molecular weight excluding hydrogens is 389 g/mol. The van der Waals surface area contributed by atoms with Gasteiger partial charge in [0.2, 0.25) is 5.91 Å². The van der Waals surface area contributed by atoms with E-state index in [1.807, 2.05) is 0 Å². The summed E-state index contributed by atoms with van der Waals surface area (Å²) in [4.78, 5) is 13.4. The summed E-state index contributed by atoms with van der Waals surface area (Å²) in [6.45, 7) is 1.18. The molecule has 1 atom stereocenters. The first-order chi connectivity index (χ1) is 13.6. The molecule has 2 aliphatic rings. The van der Waals surface area contributed by atoms with E-state index in [1.165, 1.54) is 31.0 Å². The molecule has 0 radical (unpaired) electrons. The number of nitrogens with one attached hydrogen (secondary N) is 1. The number of likely N-dealkylation sites (tertiary alicyclic amines) is 1. The molecule has 1 aromatic carbocycles. The Bertz CT molecular complexity index is 915. The molecule has 1 aliphatic heterocycles. The number of rotatable bonds is 6. The molecular formula is C17H18FN5O4S. The molecule has 2 heterocycles. The molecule has 2 N–H and O–H groups in total. The van der Waals surface area contributed by atoms with Crippen LogP contribution in [0.25, 0.3) is 0 Å². The van der Waals surface area contributed by atoms with Crippen LogP contribution in [0.15, 0.2) is 33.0 Å². The third-order valence-corrected chi connectivity index (χ3v) is 5.87. The Kier molecular flexibility index (Phi) is 5.18. The number of carbonyl (C=O) groups is 1. The second kappa shape index (κ2) is 7.76. The Balaban J connectivity index is 1.39. The van der Waals surface area contributed by atoms with E-state index < -0.39 is 0 Å². The van der Waals surface area contributed by atoms with Crippen LogP contribution in [0.5, 0.6) is 0 Å². The number of amides is 1. The van der Waals surface area contributed by atoms with Crippen LogP contribution in [0.4, 0.5) is 4.39 Å². The van der Waals surface area contributed by atoms with E-state index in [9.17, 15) is 14.4 Å². The molecule has 1 fully saturated rings. The maximum atomic E-state index is 13.5. The number of halogens is 1.